The minimum absolute atomic E-state index is 0.0912. The van der Waals surface area contributed by atoms with E-state index in [1.165, 1.54) is 0 Å². The first-order valence-corrected chi connectivity index (χ1v) is 7.58. The van der Waals surface area contributed by atoms with E-state index < -0.39 is 10.0 Å². The number of benzene rings is 1. The van der Waals surface area contributed by atoms with Gasteiger partial charge in [0, 0.05) is 13.1 Å². The van der Waals surface area contributed by atoms with Crippen LogP contribution in [-0.2, 0) is 21.2 Å². The first-order chi connectivity index (χ1) is 8.64. The quantitative estimate of drug-likeness (QED) is 0.626. The zero-order valence-corrected chi connectivity index (χ0v) is 11.2. The van der Waals surface area contributed by atoms with Gasteiger partial charge in [-0.25, -0.2) is 13.1 Å². The monoisotopic (exact) mass is 272 g/mol. The fourth-order valence-electron chi connectivity index (χ4n) is 1.42. The molecule has 0 saturated carbocycles. The van der Waals surface area contributed by atoms with Crippen molar-refractivity contribution in [2.24, 2.45) is 5.73 Å². The number of hydrogen-bond donors (Lipinski definition) is 2. The Morgan fingerprint density at radius 2 is 1.89 bits per heavy atom. The van der Waals surface area contributed by atoms with E-state index in [1.807, 2.05) is 30.3 Å². The third-order valence-corrected chi connectivity index (χ3v) is 3.72. The number of aryl methyl sites for hydroxylation is 1. The van der Waals surface area contributed by atoms with Gasteiger partial charge in [-0.2, -0.15) is 0 Å². The number of hydrogen-bond acceptors (Lipinski definition) is 4. The molecule has 0 unspecified atom stereocenters. The van der Waals surface area contributed by atoms with Crippen LogP contribution in [0.3, 0.4) is 0 Å². The van der Waals surface area contributed by atoms with Crippen molar-refractivity contribution in [3.05, 3.63) is 35.9 Å². The predicted octanol–water partition coefficient (Wildman–Crippen LogP) is 0.124. The van der Waals surface area contributed by atoms with Crippen molar-refractivity contribution >= 4 is 10.0 Å². The summed E-state index contributed by atoms with van der Waals surface area (Å²) >= 11 is 0. The third-order valence-electron chi connectivity index (χ3n) is 2.33. The molecular formula is C12H20N2O3S. The van der Waals surface area contributed by atoms with Crippen LogP contribution < -0.4 is 10.5 Å². The molecule has 6 heteroatoms. The Hall–Kier alpha value is -0.950. The average Bonchev–Trinajstić information content (AvgIpc) is 2.38. The first-order valence-electron chi connectivity index (χ1n) is 5.93. The zero-order valence-electron chi connectivity index (χ0n) is 10.3. The number of nitrogens with two attached hydrogens (primary N) is 1. The molecule has 0 aliphatic carbocycles. The van der Waals surface area contributed by atoms with Gasteiger partial charge in [0.25, 0.3) is 0 Å². The maximum Gasteiger partial charge on any atom is 0.211 e. The minimum atomic E-state index is -3.23. The van der Waals surface area contributed by atoms with Gasteiger partial charge >= 0.3 is 0 Å². The Kier molecular flexibility index (Phi) is 6.89. The molecule has 0 spiro atoms. The molecule has 102 valence electrons. The second-order valence-electron chi connectivity index (χ2n) is 3.85. The first kappa shape index (κ1) is 15.1. The molecule has 1 aromatic carbocycles. The maximum atomic E-state index is 11.6. The highest BCUT2D eigenvalue weighted by molar-refractivity contribution is 7.89. The van der Waals surface area contributed by atoms with Crippen molar-refractivity contribution in [2.75, 3.05) is 32.1 Å². The summed E-state index contributed by atoms with van der Waals surface area (Å²) in [5.41, 5.74) is 6.26. The lowest BCUT2D eigenvalue weighted by Crippen LogP contribution is -2.30. The largest absolute Gasteiger partial charge is 0.379 e. The Morgan fingerprint density at radius 3 is 2.56 bits per heavy atom. The summed E-state index contributed by atoms with van der Waals surface area (Å²) in [7, 11) is -3.23. The summed E-state index contributed by atoms with van der Waals surface area (Å²) in [6.45, 7) is 1.53. The Morgan fingerprint density at radius 1 is 1.17 bits per heavy atom. The fourth-order valence-corrected chi connectivity index (χ4v) is 2.47. The maximum absolute atomic E-state index is 11.6. The van der Waals surface area contributed by atoms with Crippen LogP contribution in [0.1, 0.15) is 5.56 Å². The summed E-state index contributed by atoms with van der Waals surface area (Å²) < 4.78 is 30.9. The van der Waals surface area contributed by atoms with Crippen molar-refractivity contribution < 1.29 is 13.2 Å². The highest BCUT2D eigenvalue weighted by Gasteiger charge is 2.09. The van der Waals surface area contributed by atoms with Gasteiger partial charge in [-0.1, -0.05) is 30.3 Å². The van der Waals surface area contributed by atoms with Crippen LogP contribution in [0.4, 0.5) is 0 Å². The van der Waals surface area contributed by atoms with Crippen LogP contribution in [0.5, 0.6) is 0 Å². The normalized spacial score (nSPS) is 11.6. The van der Waals surface area contributed by atoms with Gasteiger partial charge in [-0.3, -0.25) is 0 Å². The molecule has 0 fully saturated rings. The number of sulfonamides is 1. The Bertz CT molecular complexity index is 420. The Balaban J connectivity index is 2.23. The lowest BCUT2D eigenvalue weighted by molar-refractivity contribution is 0.147. The minimum Gasteiger partial charge on any atom is -0.379 e. The van der Waals surface area contributed by atoms with E-state index in [4.69, 9.17) is 10.5 Å². The standard InChI is InChI=1S/C12H20N2O3S/c13-7-9-17-10-8-14-18(15,16)11-6-12-4-2-1-3-5-12/h1-5,14H,6-11,13H2. The van der Waals surface area contributed by atoms with Crippen LogP contribution in [0, 0.1) is 0 Å². The molecule has 0 aromatic heterocycles. The molecule has 0 amide bonds. The van der Waals surface area contributed by atoms with E-state index >= 15 is 0 Å². The van der Waals surface area contributed by atoms with Crippen LogP contribution >= 0.6 is 0 Å². The van der Waals surface area contributed by atoms with Gasteiger partial charge < -0.3 is 10.5 Å². The SMILES string of the molecule is NCCOCCNS(=O)(=O)CCc1ccccc1. The molecule has 0 bridgehead atoms. The van der Waals surface area contributed by atoms with Crippen molar-refractivity contribution in [1.29, 1.82) is 0 Å². The van der Waals surface area contributed by atoms with Crippen LogP contribution in [0.2, 0.25) is 0 Å². The number of nitrogens with one attached hydrogen (secondary N) is 1. The smallest absolute Gasteiger partial charge is 0.211 e. The number of ether oxygens (including phenoxy) is 1. The molecule has 0 aliphatic heterocycles. The molecule has 3 N–H and O–H groups in total. The molecule has 0 heterocycles. The van der Waals surface area contributed by atoms with Gasteiger partial charge in [-0.05, 0) is 12.0 Å². The summed E-state index contributed by atoms with van der Waals surface area (Å²) in [4.78, 5) is 0. The molecule has 1 rings (SSSR count). The van der Waals surface area contributed by atoms with Crippen molar-refractivity contribution in [3.63, 3.8) is 0 Å². The average molecular weight is 272 g/mol. The van der Waals surface area contributed by atoms with Crippen LogP contribution in [0.25, 0.3) is 0 Å². The molecule has 0 atom stereocenters. The summed E-state index contributed by atoms with van der Waals surface area (Å²) in [6, 6.07) is 9.54. The highest BCUT2D eigenvalue weighted by Crippen LogP contribution is 2.01. The van der Waals surface area contributed by atoms with Crippen molar-refractivity contribution in [2.45, 2.75) is 6.42 Å². The lowest BCUT2D eigenvalue weighted by Gasteiger charge is -2.07. The molecule has 0 saturated heterocycles. The summed E-state index contributed by atoms with van der Waals surface area (Å²) in [5.74, 6) is 0.0912. The van der Waals surface area contributed by atoms with Gasteiger partial charge in [-0.15, -0.1) is 0 Å². The molecule has 0 radical (unpaired) electrons. The van der Waals surface area contributed by atoms with Gasteiger partial charge in [0.1, 0.15) is 0 Å². The highest BCUT2D eigenvalue weighted by atomic mass is 32.2. The summed E-state index contributed by atoms with van der Waals surface area (Å²) in [6.07, 6.45) is 0.514. The zero-order chi connectivity index (χ0) is 13.3. The molecule has 18 heavy (non-hydrogen) atoms. The second kappa shape index (κ2) is 8.20. The third kappa shape index (κ3) is 6.70. The second-order valence-corrected chi connectivity index (χ2v) is 5.78. The van der Waals surface area contributed by atoms with Gasteiger partial charge in [0.15, 0.2) is 0 Å². The van der Waals surface area contributed by atoms with Crippen LogP contribution in [0.15, 0.2) is 30.3 Å². The van der Waals surface area contributed by atoms with E-state index in [0.29, 0.717) is 26.2 Å². The van der Waals surface area contributed by atoms with Gasteiger partial charge in [0.05, 0.1) is 19.0 Å². The van der Waals surface area contributed by atoms with E-state index in [-0.39, 0.29) is 12.3 Å². The summed E-state index contributed by atoms with van der Waals surface area (Å²) in [5, 5.41) is 0. The fraction of sp³-hybridized carbons (Fsp3) is 0.500. The number of rotatable bonds is 9. The predicted molar refractivity (Wildman–Crippen MR) is 71.8 cm³/mol. The van der Waals surface area contributed by atoms with E-state index in [2.05, 4.69) is 4.72 Å². The van der Waals surface area contributed by atoms with Crippen molar-refractivity contribution in [1.82, 2.24) is 4.72 Å². The van der Waals surface area contributed by atoms with E-state index in [1.54, 1.807) is 0 Å². The topological polar surface area (TPSA) is 81.4 Å². The van der Waals surface area contributed by atoms with Crippen molar-refractivity contribution in [3.8, 4) is 0 Å². The molecule has 0 aliphatic rings. The lowest BCUT2D eigenvalue weighted by atomic mass is 10.2. The molecular weight excluding hydrogens is 252 g/mol. The van der Waals surface area contributed by atoms with Crippen LogP contribution in [-0.4, -0.2) is 40.5 Å². The molecule has 1 aromatic rings. The van der Waals surface area contributed by atoms with E-state index in [0.717, 1.165) is 5.56 Å². The van der Waals surface area contributed by atoms with E-state index in [9.17, 15) is 8.42 Å². The Labute approximate surface area is 108 Å². The molecule has 5 nitrogen and oxygen atoms in total. The van der Waals surface area contributed by atoms with Gasteiger partial charge in [0.2, 0.25) is 10.0 Å².